The van der Waals surface area contributed by atoms with Crippen LogP contribution in [0.2, 0.25) is 0 Å². The Bertz CT molecular complexity index is 1290. The molecule has 1 heterocycles. The lowest BCUT2D eigenvalue weighted by Gasteiger charge is -2.26. The van der Waals surface area contributed by atoms with Crippen LogP contribution in [0.4, 0.5) is 4.39 Å². The molecule has 0 aliphatic carbocycles. The van der Waals surface area contributed by atoms with Gasteiger partial charge in [-0.2, -0.15) is 0 Å². The molecule has 0 saturated carbocycles. The van der Waals surface area contributed by atoms with Gasteiger partial charge < -0.3 is 19.5 Å². The number of aliphatic hydroxyl groups excluding tert-OH is 1. The number of nitrogens with zero attached hydrogens (tertiary/aromatic N) is 1. The number of Topliss-reactive ketones (excluding diaryl/α,β-unsaturated/α-hetero) is 1. The van der Waals surface area contributed by atoms with Crippen LogP contribution in [0.1, 0.15) is 43.0 Å². The van der Waals surface area contributed by atoms with Crippen LogP contribution in [-0.4, -0.2) is 41.5 Å². The van der Waals surface area contributed by atoms with Crippen LogP contribution in [0.3, 0.4) is 0 Å². The summed E-state index contributed by atoms with van der Waals surface area (Å²) in [5.74, 6) is -1.26. The van der Waals surface area contributed by atoms with Crippen molar-refractivity contribution in [2.75, 3.05) is 19.8 Å². The SMILES string of the molecule is CCCOc1ccc(C2/C(=C(\O)c3ccc(F)cc3)C(=O)C(=O)N2CCc2ccccc2)cc1OCC. The Morgan fingerprint density at radius 1 is 0.946 bits per heavy atom. The zero-order chi connectivity index (χ0) is 26.4. The molecule has 1 atom stereocenters. The van der Waals surface area contributed by atoms with Gasteiger partial charge in [-0.3, -0.25) is 9.59 Å². The number of amides is 1. The minimum Gasteiger partial charge on any atom is -0.507 e. The Morgan fingerprint density at radius 2 is 1.68 bits per heavy atom. The first-order chi connectivity index (χ1) is 17.9. The van der Waals surface area contributed by atoms with E-state index in [9.17, 15) is 19.1 Å². The summed E-state index contributed by atoms with van der Waals surface area (Å²) in [5, 5.41) is 11.2. The van der Waals surface area contributed by atoms with E-state index in [1.165, 1.54) is 29.2 Å². The Hall–Kier alpha value is -4.13. The average molecular weight is 504 g/mol. The third kappa shape index (κ3) is 5.66. The molecule has 1 N–H and O–H groups in total. The number of likely N-dealkylation sites (tertiary alicyclic amines) is 1. The van der Waals surface area contributed by atoms with Crippen LogP contribution in [0.25, 0.3) is 5.76 Å². The highest BCUT2D eigenvalue weighted by Gasteiger charge is 2.46. The molecule has 0 bridgehead atoms. The molecular formula is C30H30FNO5. The number of hydrogen-bond donors (Lipinski definition) is 1. The fourth-order valence-corrected chi connectivity index (χ4v) is 4.41. The number of hydrogen-bond acceptors (Lipinski definition) is 5. The number of ether oxygens (including phenoxy) is 2. The molecule has 0 spiro atoms. The summed E-state index contributed by atoms with van der Waals surface area (Å²) in [5.41, 5.74) is 1.82. The van der Waals surface area contributed by atoms with E-state index >= 15 is 0 Å². The van der Waals surface area contributed by atoms with Gasteiger partial charge >= 0.3 is 0 Å². The fraction of sp³-hybridized carbons (Fsp3) is 0.267. The predicted octanol–water partition coefficient (Wildman–Crippen LogP) is 5.68. The number of carbonyl (C=O) groups excluding carboxylic acids is 2. The fourth-order valence-electron chi connectivity index (χ4n) is 4.41. The van der Waals surface area contributed by atoms with Crippen molar-refractivity contribution in [2.24, 2.45) is 0 Å². The maximum absolute atomic E-state index is 13.5. The first-order valence-corrected chi connectivity index (χ1v) is 12.4. The Labute approximate surface area is 215 Å². The predicted molar refractivity (Wildman–Crippen MR) is 139 cm³/mol. The highest BCUT2D eigenvalue weighted by atomic mass is 19.1. The minimum atomic E-state index is -0.854. The van der Waals surface area contributed by atoms with Crippen molar-refractivity contribution >= 4 is 17.4 Å². The number of rotatable bonds is 10. The number of aliphatic hydroxyl groups is 1. The molecular weight excluding hydrogens is 473 g/mol. The number of halogens is 1. The van der Waals surface area contributed by atoms with Crippen LogP contribution >= 0.6 is 0 Å². The molecule has 6 nitrogen and oxygen atoms in total. The lowest BCUT2D eigenvalue weighted by molar-refractivity contribution is -0.139. The molecule has 4 rings (SSSR count). The molecule has 192 valence electrons. The van der Waals surface area contributed by atoms with Crippen molar-refractivity contribution in [3.63, 3.8) is 0 Å². The van der Waals surface area contributed by atoms with E-state index in [-0.39, 0.29) is 23.4 Å². The normalized spacial score (nSPS) is 16.7. The molecule has 1 aliphatic heterocycles. The van der Waals surface area contributed by atoms with Gasteiger partial charge in [0.15, 0.2) is 11.5 Å². The maximum Gasteiger partial charge on any atom is 0.295 e. The minimum absolute atomic E-state index is 0.0469. The zero-order valence-corrected chi connectivity index (χ0v) is 20.9. The van der Waals surface area contributed by atoms with Crippen molar-refractivity contribution in [3.05, 3.63) is 101 Å². The largest absolute Gasteiger partial charge is 0.507 e. The van der Waals surface area contributed by atoms with Crippen LogP contribution in [-0.2, 0) is 16.0 Å². The summed E-state index contributed by atoms with van der Waals surface area (Å²) in [7, 11) is 0. The molecule has 0 aromatic heterocycles. The monoisotopic (exact) mass is 503 g/mol. The van der Waals surface area contributed by atoms with Gasteiger partial charge in [0.1, 0.15) is 11.6 Å². The Balaban J connectivity index is 1.81. The van der Waals surface area contributed by atoms with Gasteiger partial charge in [-0.1, -0.05) is 43.3 Å². The van der Waals surface area contributed by atoms with E-state index in [0.717, 1.165) is 12.0 Å². The highest BCUT2D eigenvalue weighted by Crippen LogP contribution is 2.42. The van der Waals surface area contributed by atoms with Crippen molar-refractivity contribution in [3.8, 4) is 11.5 Å². The van der Waals surface area contributed by atoms with E-state index < -0.39 is 23.5 Å². The molecule has 3 aromatic carbocycles. The molecule has 3 aromatic rings. The summed E-state index contributed by atoms with van der Waals surface area (Å²) in [6.07, 6.45) is 1.35. The Morgan fingerprint density at radius 3 is 2.35 bits per heavy atom. The molecule has 1 fully saturated rings. The lowest BCUT2D eigenvalue weighted by atomic mass is 9.94. The molecule has 1 aliphatic rings. The van der Waals surface area contributed by atoms with Gasteiger partial charge in [0.2, 0.25) is 0 Å². The third-order valence-electron chi connectivity index (χ3n) is 6.19. The number of ketones is 1. The van der Waals surface area contributed by atoms with E-state index in [0.29, 0.717) is 36.7 Å². The summed E-state index contributed by atoms with van der Waals surface area (Å²) >= 11 is 0. The van der Waals surface area contributed by atoms with Gasteiger partial charge in [0.25, 0.3) is 11.7 Å². The summed E-state index contributed by atoms with van der Waals surface area (Å²) < 4.78 is 25.2. The molecule has 37 heavy (non-hydrogen) atoms. The van der Waals surface area contributed by atoms with E-state index in [4.69, 9.17) is 9.47 Å². The van der Waals surface area contributed by atoms with Gasteiger partial charge in [-0.25, -0.2) is 4.39 Å². The van der Waals surface area contributed by atoms with Gasteiger partial charge in [0.05, 0.1) is 24.8 Å². The standard InChI is InChI=1S/C30H30FNO5/c1-3-18-37-24-15-12-22(19-25(24)36-4-2)27-26(28(33)21-10-13-23(31)14-11-21)29(34)30(35)32(27)17-16-20-8-6-5-7-9-20/h5-15,19,27,33H,3-4,16-18H2,1-2H3/b28-26+. The molecule has 1 saturated heterocycles. The van der Waals surface area contributed by atoms with Crippen molar-refractivity contribution in [2.45, 2.75) is 32.7 Å². The van der Waals surface area contributed by atoms with Crippen LogP contribution < -0.4 is 9.47 Å². The highest BCUT2D eigenvalue weighted by molar-refractivity contribution is 6.46. The second-order valence-corrected chi connectivity index (χ2v) is 8.72. The first-order valence-electron chi connectivity index (χ1n) is 12.4. The van der Waals surface area contributed by atoms with Crippen LogP contribution in [0.5, 0.6) is 11.5 Å². The van der Waals surface area contributed by atoms with Gasteiger partial charge in [-0.05, 0) is 67.3 Å². The van der Waals surface area contributed by atoms with Crippen LogP contribution in [0.15, 0.2) is 78.4 Å². The third-order valence-corrected chi connectivity index (χ3v) is 6.19. The van der Waals surface area contributed by atoms with Crippen LogP contribution in [0, 0.1) is 5.82 Å². The van der Waals surface area contributed by atoms with Crippen molar-refractivity contribution in [1.29, 1.82) is 0 Å². The van der Waals surface area contributed by atoms with E-state index in [1.807, 2.05) is 44.2 Å². The van der Waals surface area contributed by atoms with Crippen molar-refractivity contribution < 1.29 is 28.6 Å². The molecule has 1 amide bonds. The second-order valence-electron chi connectivity index (χ2n) is 8.72. The number of carbonyl (C=O) groups is 2. The quantitative estimate of drug-likeness (QED) is 0.219. The average Bonchev–Trinajstić information content (AvgIpc) is 3.17. The van der Waals surface area contributed by atoms with Gasteiger partial charge in [0, 0.05) is 12.1 Å². The number of benzene rings is 3. The van der Waals surface area contributed by atoms with E-state index in [1.54, 1.807) is 18.2 Å². The van der Waals surface area contributed by atoms with Gasteiger partial charge in [-0.15, -0.1) is 0 Å². The Kier molecular flexibility index (Phi) is 8.23. The molecule has 1 unspecified atom stereocenters. The van der Waals surface area contributed by atoms with E-state index in [2.05, 4.69) is 0 Å². The first kappa shape index (κ1) is 25.9. The topological polar surface area (TPSA) is 76.1 Å². The summed E-state index contributed by atoms with van der Waals surface area (Å²) in [6.45, 7) is 5.04. The van der Waals surface area contributed by atoms with Crippen molar-refractivity contribution in [1.82, 2.24) is 4.90 Å². The maximum atomic E-state index is 13.5. The lowest BCUT2D eigenvalue weighted by Crippen LogP contribution is -2.31. The molecule has 0 radical (unpaired) electrons. The smallest absolute Gasteiger partial charge is 0.295 e. The zero-order valence-electron chi connectivity index (χ0n) is 20.9. The summed E-state index contributed by atoms with van der Waals surface area (Å²) in [4.78, 5) is 28.0. The summed E-state index contributed by atoms with van der Waals surface area (Å²) in [6, 6.07) is 19.2. The molecule has 7 heteroatoms. The second kappa shape index (κ2) is 11.7.